The Labute approximate surface area is 115 Å². The van der Waals surface area contributed by atoms with Crippen molar-refractivity contribution in [2.45, 2.75) is 76.8 Å². The van der Waals surface area contributed by atoms with Gasteiger partial charge in [-0.05, 0) is 63.2 Å². The van der Waals surface area contributed by atoms with Crippen LogP contribution in [-0.4, -0.2) is 38.9 Å². The Hall–Kier alpha value is -0.160. The van der Waals surface area contributed by atoms with Crippen LogP contribution in [0.25, 0.3) is 0 Å². The van der Waals surface area contributed by atoms with Gasteiger partial charge in [0.25, 0.3) is 0 Å². The first kappa shape index (κ1) is 15.2. The zero-order chi connectivity index (χ0) is 14.0. The van der Waals surface area contributed by atoms with Gasteiger partial charge in [0.15, 0.2) is 6.29 Å². The second-order valence-corrected chi connectivity index (χ2v) is 6.75. The minimum Gasteiger partial charge on any atom is -0.393 e. The third-order valence-corrected chi connectivity index (χ3v) is 5.71. The van der Waals surface area contributed by atoms with Gasteiger partial charge in [0.1, 0.15) is 0 Å². The molecule has 0 spiro atoms. The van der Waals surface area contributed by atoms with Gasteiger partial charge in [-0.3, -0.25) is 0 Å². The maximum Gasteiger partial charge on any atom is 0.157 e. The van der Waals surface area contributed by atoms with E-state index in [9.17, 15) is 20.4 Å². The standard InChI is InChI=1S/C15H28O4/c1-15(14(18)19,10-2-6-12(16)7-3-10)11-4-8-13(17)9-5-11/h10-14,16-19H,2-9H2,1H3. The van der Waals surface area contributed by atoms with Gasteiger partial charge in [-0.2, -0.15) is 0 Å². The van der Waals surface area contributed by atoms with Crippen LogP contribution in [0, 0.1) is 17.3 Å². The second kappa shape index (κ2) is 6.08. The summed E-state index contributed by atoms with van der Waals surface area (Å²) in [6.07, 6.45) is 4.79. The number of aliphatic hydroxyl groups is 4. The van der Waals surface area contributed by atoms with E-state index < -0.39 is 11.7 Å². The van der Waals surface area contributed by atoms with Gasteiger partial charge in [-0.1, -0.05) is 6.92 Å². The van der Waals surface area contributed by atoms with E-state index >= 15 is 0 Å². The molecule has 112 valence electrons. The summed E-state index contributed by atoms with van der Waals surface area (Å²) >= 11 is 0. The topological polar surface area (TPSA) is 80.9 Å². The van der Waals surface area contributed by atoms with E-state index in [1.165, 1.54) is 0 Å². The van der Waals surface area contributed by atoms with E-state index in [0.717, 1.165) is 51.4 Å². The van der Waals surface area contributed by atoms with Crippen LogP contribution in [0.15, 0.2) is 0 Å². The Morgan fingerprint density at radius 3 is 1.32 bits per heavy atom. The summed E-state index contributed by atoms with van der Waals surface area (Å²) < 4.78 is 0. The molecule has 0 radical (unpaired) electrons. The van der Waals surface area contributed by atoms with Crippen molar-refractivity contribution in [3.63, 3.8) is 0 Å². The Morgan fingerprint density at radius 2 is 1.05 bits per heavy atom. The van der Waals surface area contributed by atoms with Crippen molar-refractivity contribution in [3.8, 4) is 0 Å². The van der Waals surface area contributed by atoms with Crippen LogP contribution in [-0.2, 0) is 0 Å². The van der Waals surface area contributed by atoms with Gasteiger partial charge in [0.2, 0.25) is 0 Å². The van der Waals surface area contributed by atoms with Gasteiger partial charge in [-0.25, -0.2) is 0 Å². The number of hydrogen-bond donors (Lipinski definition) is 4. The molecule has 0 atom stereocenters. The quantitative estimate of drug-likeness (QED) is 0.586. The summed E-state index contributed by atoms with van der Waals surface area (Å²) in [7, 11) is 0. The van der Waals surface area contributed by atoms with Crippen molar-refractivity contribution in [1.82, 2.24) is 0 Å². The molecular weight excluding hydrogens is 244 g/mol. The lowest BCUT2D eigenvalue weighted by Crippen LogP contribution is -2.48. The molecule has 2 fully saturated rings. The molecule has 4 heteroatoms. The molecule has 0 bridgehead atoms. The Balaban J connectivity index is 2.08. The highest BCUT2D eigenvalue weighted by Gasteiger charge is 2.47. The minimum atomic E-state index is -1.31. The van der Waals surface area contributed by atoms with Crippen LogP contribution in [0.5, 0.6) is 0 Å². The molecule has 2 saturated carbocycles. The van der Waals surface area contributed by atoms with Crippen molar-refractivity contribution in [2.24, 2.45) is 17.3 Å². The predicted octanol–water partition coefficient (Wildman–Crippen LogP) is 1.41. The van der Waals surface area contributed by atoms with E-state index in [-0.39, 0.29) is 24.0 Å². The molecule has 0 aromatic rings. The molecule has 4 N–H and O–H groups in total. The van der Waals surface area contributed by atoms with E-state index in [0.29, 0.717) is 0 Å². The first-order chi connectivity index (χ1) is 8.94. The molecule has 2 rings (SSSR count). The summed E-state index contributed by atoms with van der Waals surface area (Å²) in [4.78, 5) is 0. The lowest BCUT2D eigenvalue weighted by Gasteiger charge is -2.48. The highest BCUT2D eigenvalue weighted by atomic mass is 16.5. The summed E-state index contributed by atoms with van der Waals surface area (Å²) in [6, 6.07) is 0. The number of aliphatic hydroxyl groups excluding tert-OH is 3. The summed E-state index contributed by atoms with van der Waals surface area (Å²) in [5, 5.41) is 39.1. The largest absolute Gasteiger partial charge is 0.393 e. The first-order valence-electron chi connectivity index (χ1n) is 7.66. The van der Waals surface area contributed by atoms with Crippen LogP contribution < -0.4 is 0 Å². The SMILES string of the molecule is CC(C(O)O)(C1CCC(O)CC1)C1CCC(O)CC1. The van der Waals surface area contributed by atoms with Crippen LogP contribution in [0.2, 0.25) is 0 Å². The molecule has 0 aromatic carbocycles. The predicted molar refractivity (Wildman–Crippen MR) is 72.3 cm³/mol. The summed E-state index contributed by atoms with van der Waals surface area (Å²) in [5.41, 5.74) is -0.500. The second-order valence-electron chi connectivity index (χ2n) is 6.75. The number of rotatable bonds is 3. The van der Waals surface area contributed by atoms with Crippen molar-refractivity contribution in [1.29, 1.82) is 0 Å². The zero-order valence-corrected chi connectivity index (χ0v) is 11.8. The fourth-order valence-corrected chi connectivity index (χ4v) is 4.15. The molecule has 0 heterocycles. The fourth-order valence-electron chi connectivity index (χ4n) is 4.15. The van der Waals surface area contributed by atoms with Crippen molar-refractivity contribution >= 4 is 0 Å². The monoisotopic (exact) mass is 272 g/mol. The highest BCUT2D eigenvalue weighted by Crippen LogP contribution is 2.50. The lowest BCUT2D eigenvalue weighted by molar-refractivity contribution is -0.189. The molecular formula is C15H28O4. The highest BCUT2D eigenvalue weighted by molar-refractivity contribution is 4.94. The summed E-state index contributed by atoms with van der Waals surface area (Å²) in [5.74, 6) is 0.521. The van der Waals surface area contributed by atoms with E-state index in [1.54, 1.807) is 0 Å². The Bertz CT molecular complexity index is 254. The number of hydrogen-bond acceptors (Lipinski definition) is 4. The van der Waals surface area contributed by atoms with Crippen LogP contribution >= 0.6 is 0 Å². The normalized spacial score (nSPS) is 40.1. The Kier molecular flexibility index (Phi) is 4.88. The molecule has 0 amide bonds. The van der Waals surface area contributed by atoms with E-state index in [2.05, 4.69) is 0 Å². The zero-order valence-electron chi connectivity index (χ0n) is 11.8. The van der Waals surface area contributed by atoms with Crippen LogP contribution in [0.4, 0.5) is 0 Å². The molecule has 0 aromatic heterocycles. The molecule has 4 nitrogen and oxygen atoms in total. The summed E-state index contributed by atoms with van der Waals surface area (Å²) in [6.45, 7) is 1.99. The maximum atomic E-state index is 9.94. The first-order valence-corrected chi connectivity index (χ1v) is 7.66. The third-order valence-electron chi connectivity index (χ3n) is 5.71. The van der Waals surface area contributed by atoms with E-state index in [4.69, 9.17) is 0 Å². The van der Waals surface area contributed by atoms with Crippen molar-refractivity contribution in [3.05, 3.63) is 0 Å². The van der Waals surface area contributed by atoms with E-state index in [1.807, 2.05) is 6.92 Å². The van der Waals surface area contributed by atoms with Gasteiger partial charge in [-0.15, -0.1) is 0 Å². The van der Waals surface area contributed by atoms with Gasteiger partial charge >= 0.3 is 0 Å². The third kappa shape index (κ3) is 3.13. The average molecular weight is 272 g/mol. The maximum absolute atomic E-state index is 9.94. The van der Waals surface area contributed by atoms with Crippen molar-refractivity contribution in [2.75, 3.05) is 0 Å². The lowest BCUT2D eigenvalue weighted by atomic mass is 9.59. The van der Waals surface area contributed by atoms with Crippen molar-refractivity contribution < 1.29 is 20.4 Å². The molecule has 0 unspecified atom stereocenters. The average Bonchev–Trinajstić information content (AvgIpc) is 2.39. The Morgan fingerprint density at radius 1 is 0.737 bits per heavy atom. The molecule has 0 aliphatic heterocycles. The van der Waals surface area contributed by atoms with Crippen LogP contribution in [0.1, 0.15) is 58.3 Å². The molecule has 0 saturated heterocycles. The molecule has 2 aliphatic rings. The minimum absolute atomic E-state index is 0.218. The molecule has 19 heavy (non-hydrogen) atoms. The smallest absolute Gasteiger partial charge is 0.157 e. The van der Waals surface area contributed by atoms with Gasteiger partial charge < -0.3 is 20.4 Å². The fraction of sp³-hybridized carbons (Fsp3) is 1.00. The van der Waals surface area contributed by atoms with Crippen LogP contribution in [0.3, 0.4) is 0 Å². The molecule has 2 aliphatic carbocycles. The van der Waals surface area contributed by atoms with Gasteiger partial charge in [0.05, 0.1) is 12.2 Å². The van der Waals surface area contributed by atoms with Gasteiger partial charge in [0, 0.05) is 5.41 Å².